The van der Waals surface area contributed by atoms with E-state index in [0.717, 1.165) is 32.1 Å². The fourth-order valence-corrected chi connectivity index (χ4v) is 3.79. The standard InChI is InChI=1S/C18H18F3N3/c19-18(20,21)14-6-7-22-17(8-14)24-12-15-9-16(24)11-23(15)10-13-4-2-1-3-5-13/h1-8,15-16H,9-12H2/t15-,16-/m0/s1. The molecule has 6 heteroatoms. The molecule has 0 spiro atoms. The first kappa shape index (κ1) is 15.4. The maximum Gasteiger partial charge on any atom is 0.416 e. The van der Waals surface area contributed by atoms with E-state index in [1.807, 2.05) is 23.1 Å². The van der Waals surface area contributed by atoms with Crippen LogP contribution in [0.1, 0.15) is 17.5 Å². The van der Waals surface area contributed by atoms with Gasteiger partial charge in [0.25, 0.3) is 0 Å². The van der Waals surface area contributed by atoms with E-state index >= 15 is 0 Å². The zero-order valence-corrected chi connectivity index (χ0v) is 13.1. The number of aromatic nitrogens is 1. The highest BCUT2D eigenvalue weighted by Gasteiger charge is 2.44. The largest absolute Gasteiger partial charge is 0.416 e. The molecule has 0 N–H and O–H groups in total. The van der Waals surface area contributed by atoms with Gasteiger partial charge in [0.1, 0.15) is 5.82 Å². The summed E-state index contributed by atoms with van der Waals surface area (Å²) in [5.41, 5.74) is 0.644. The molecule has 3 nitrogen and oxygen atoms in total. The molecule has 0 saturated carbocycles. The number of nitrogens with zero attached hydrogens (tertiary/aromatic N) is 3. The summed E-state index contributed by atoms with van der Waals surface area (Å²) in [5.74, 6) is 0.441. The van der Waals surface area contributed by atoms with Crippen LogP contribution < -0.4 is 4.90 Å². The summed E-state index contributed by atoms with van der Waals surface area (Å²) < 4.78 is 38.7. The van der Waals surface area contributed by atoms with Gasteiger partial charge >= 0.3 is 6.18 Å². The number of likely N-dealkylation sites (tertiary alicyclic amines) is 1. The van der Waals surface area contributed by atoms with E-state index in [4.69, 9.17) is 0 Å². The Bertz CT molecular complexity index is 717. The van der Waals surface area contributed by atoms with Crippen LogP contribution in [0.15, 0.2) is 48.7 Å². The van der Waals surface area contributed by atoms with Crippen LogP contribution in [-0.2, 0) is 12.7 Å². The molecule has 2 aliphatic heterocycles. The molecular formula is C18H18F3N3. The van der Waals surface area contributed by atoms with Crippen molar-refractivity contribution < 1.29 is 13.2 Å². The minimum absolute atomic E-state index is 0.245. The highest BCUT2D eigenvalue weighted by atomic mass is 19.4. The van der Waals surface area contributed by atoms with Crippen molar-refractivity contribution in [3.63, 3.8) is 0 Å². The van der Waals surface area contributed by atoms with E-state index in [1.54, 1.807) is 0 Å². The second kappa shape index (κ2) is 5.77. The van der Waals surface area contributed by atoms with Crippen LogP contribution in [0.25, 0.3) is 0 Å². The molecule has 2 bridgehead atoms. The Balaban J connectivity index is 1.47. The van der Waals surface area contributed by atoms with Crippen LogP contribution >= 0.6 is 0 Å². The highest BCUT2D eigenvalue weighted by Crippen LogP contribution is 2.36. The molecule has 2 fully saturated rings. The van der Waals surface area contributed by atoms with Gasteiger partial charge < -0.3 is 4.90 Å². The average molecular weight is 333 g/mol. The smallest absolute Gasteiger partial charge is 0.351 e. The quantitative estimate of drug-likeness (QED) is 0.856. The van der Waals surface area contributed by atoms with Crippen molar-refractivity contribution in [2.75, 3.05) is 18.0 Å². The van der Waals surface area contributed by atoms with Crippen molar-refractivity contribution >= 4 is 5.82 Å². The normalized spacial score (nSPS) is 23.9. The fourth-order valence-electron chi connectivity index (χ4n) is 3.79. The van der Waals surface area contributed by atoms with Crippen LogP contribution in [-0.4, -0.2) is 35.1 Å². The van der Waals surface area contributed by atoms with E-state index in [9.17, 15) is 13.2 Å². The Hall–Kier alpha value is -2.08. The molecule has 0 amide bonds. The number of pyridine rings is 1. The van der Waals surface area contributed by atoms with E-state index in [-0.39, 0.29) is 6.04 Å². The molecule has 3 heterocycles. The van der Waals surface area contributed by atoms with Crippen LogP contribution in [0.4, 0.5) is 19.0 Å². The van der Waals surface area contributed by atoms with Crippen molar-refractivity contribution in [2.45, 2.75) is 31.2 Å². The summed E-state index contributed by atoms with van der Waals surface area (Å²) in [6.45, 7) is 2.51. The Morgan fingerprint density at radius 3 is 2.50 bits per heavy atom. The van der Waals surface area contributed by atoms with Gasteiger partial charge in [0.05, 0.1) is 5.56 Å². The van der Waals surface area contributed by atoms with Crippen molar-refractivity contribution in [1.82, 2.24) is 9.88 Å². The summed E-state index contributed by atoms with van der Waals surface area (Å²) >= 11 is 0. The topological polar surface area (TPSA) is 19.4 Å². The number of alkyl halides is 3. The minimum Gasteiger partial charge on any atom is -0.351 e. The SMILES string of the molecule is FC(F)(F)c1ccnc(N2C[C@@H]3C[C@H]2CN3Cc2ccccc2)c1. The number of hydrogen-bond donors (Lipinski definition) is 0. The van der Waals surface area contributed by atoms with E-state index in [0.29, 0.717) is 11.9 Å². The summed E-state index contributed by atoms with van der Waals surface area (Å²) in [5, 5.41) is 0. The van der Waals surface area contributed by atoms with Gasteiger partial charge in [-0.2, -0.15) is 13.2 Å². The summed E-state index contributed by atoms with van der Waals surface area (Å²) in [6.07, 6.45) is -2.08. The van der Waals surface area contributed by atoms with Crippen molar-refractivity contribution in [1.29, 1.82) is 0 Å². The predicted octanol–water partition coefficient (Wildman–Crippen LogP) is 3.56. The lowest BCUT2D eigenvalue weighted by Crippen LogP contribution is -2.46. The Morgan fingerprint density at radius 2 is 1.83 bits per heavy atom. The average Bonchev–Trinajstić information content (AvgIpc) is 3.15. The number of halogens is 3. The lowest BCUT2D eigenvalue weighted by atomic mass is 10.2. The van der Waals surface area contributed by atoms with Crippen molar-refractivity contribution in [3.05, 3.63) is 59.8 Å². The predicted molar refractivity (Wildman–Crippen MR) is 85.6 cm³/mol. The maximum atomic E-state index is 12.9. The van der Waals surface area contributed by atoms with Crippen molar-refractivity contribution in [3.8, 4) is 0 Å². The van der Waals surface area contributed by atoms with Gasteiger partial charge in [0.2, 0.25) is 0 Å². The third-order valence-corrected chi connectivity index (χ3v) is 4.95. The van der Waals surface area contributed by atoms with Gasteiger partial charge in [-0.3, -0.25) is 4.90 Å². The second-order valence-electron chi connectivity index (χ2n) is 6.51. The zero-order valence-electron chi connectivity index (χ0n) is 13.1. The summed E-state index contributed by atoms with van der Waals surface area (Å²) in [4.78, 5) is 8.62. The monoisotopic (exact) mass is 333 g/mol. The molecule has 0 radical (unpaired) electrons. The zero-order chi connectivity index (χ0) is 16.7. The molecule has 24 heavy (non-hydrogen) atoms. The molecule has 1 aromatic carbocycles. The molecule has 126 valence electrons. The minimum atomic E-state index is -4.32. The van der Waals surface area contributed by atoms with Gasteiger partial charge in [-0.15, -0.1) is 0 Å². The molecule has 2 aliphatic rings. The molecule has 2 saturated heterocycles. The first-order valence-corrected chi connectivity index (χ1v) is 8.08. The molecule has 4 rings (SSSR count). The van der Waals surface area contributed by atoms with Crippen molar-refractivity contribution in [2.24, 2.45) is 0 Å². The third kappa shape index (κ3) is 2.86. The Labute approximate surface area is 138 Å². The van der Waals surface area contributed by atoms with E-state index in [2.05, 4.69) is 22.0 Å². The highest BCUT2D eigenvalue weighted by molar-refractivity contribution is 5.46. The second-order valence-corrected chi connectivity index (χ2v) is 6.51. The van der Waals surface area contributed by atoms with Crippen LogP contribution in [0.5, 0.6) is 0 Å². The number of hydrogen-bond acceptors (Lipinski definition) is 3. The number of rotatable bonds is 3. The summed E-state index contributed by atoms with van der Waals surface area (Å²) in [7, 11) is 0. The third-order valence-electron chi connectivity index (χ3n) is 4.95. The number of fused-ring (bicyclic) bond motifs is 2. The van der Waals surface area contributed by atoms with Gasteiger partial charge in [-0.25, -0.2) is 4.98 Å². The van der Waals surface area contributed by atoms with Crippen LogP contribution in [0.3, 0.4) is 0 Å². The first-order valence-electron chi connectivity index (χ1n) is 8.08. The molecule has 0 unspecified atom stereocenters. The number of piperazine rings is 1. The van der Waals surface area contributed by atoms with Crippen LogP contribution in [0, 0.1) is 0 Å². The van der Waals surface area contributed by atoms with Crippen LogP contribution in [0.2, 0.25) is 0 Å². The van der Waals surface area contributed by atoms with E-state index < -0.39 is 11.7 Å². The molecule has 2 atom stereocenters. The molecule has 1 aromatic heterocycles. The number of anilines is 1. The molecular weight excluding hydrogens is 315 g/mol. The lowest BCUT2D eigenvalue weighted by Gasteiger charge is -2.35. The van der Waals surface area contributed by atoms with Gasteiger partial charge in [-0.1, -0.05) is 30.3 Å². The Morgan fingerprint density at radius 1 is 1.04 bits per heavy atom. The van der Waals surface area contributed by atoms with E-state index in [1.165, 1.54) is 17.8 Å². The Kier molecular flexibility index (Phi) is 3.72. The fraction of sp³-hybridized carbons (Fsp3) is 0.389. The van der Waals surface area contributed by atoms with Gasteiger partial charge in [0.15, 0.2) is 0 Å². The molecule has 2 aromatic rings. The maximum absolute atomic E-state index is 12.9. The lowest BCUT2D eigenvalue weighted by molar-refractivity contribution is -0.137. The first-order chi connectivity index (χ1) is 11.5. The van der Waals surface area contributed by atoms with Gasteiger partial charge in [-0.05, 0) is 24.1 Å². The molecule has 0 aliphatic carbocycles. The number of benzene rings is 1. The summed E-state index contributed by atoms with van der Waals surface area (Å²) in [6, 6.07) is 13.1. The van der Waals surface area contributed by atoms with Gasteiger partial charge in [0, 0.05) is 37.9 Å².